The van der Waals surface area contributed by atoms with Crippen LogP contribution in [0.3, 0.4) is 0 Å². The number of aromatic nitrogens is 4. The van der Waals surface area contributed by atoms with Crippen molar-refractivity contribution in [2.45, 2.75) is 13.1 Å². The van der Waals surface area contributed by atoms with E-state index in [0.29, 0.717) is 29.5 Å². The van der Waals surface area contributed by atoms with Gasteiger partial charge < -0.3 is 20.4 Å². The summed E-state index contributed by atoms with van der Waals surface area (Å²) in [6, 6.07) is 0. The highest BCUT2D eigenvalue weighted by atomic mass is 19.4. The van der Waals surface area contributed by atoms with E-state index in [0.717, 1.165) is 0 Å². The van der Waals surface area contributed by atoms with Gasteiger partial charge in [-0.05, 0) is 6.92 Å². The average molecular weight is 304 g/mol. The third-order valence-electron chi connectivity index (χ3n) is 2.43. The maximum Gasteiger partial charge on any atom is 0.411 e. The number of anilines is 2. The van der Waals surface area contributed by atoms with Gasteiger partial charge in [-0.25, -0.2) is 4.98 Å². The summed E-state index contributed by atoms with van der Waals surface area (Å²) in [6.45, 7) is 1.38. The summed E-state index contributed by atoms with van der Waals surface area (Å²) in [7, 11) is 0. The van der Waals surface area contributed by atoms with E-state index in [4.69, 9.17) is 0 Å². The first kappa shape index (κ1) is 15.3. The molecule has 0 bridgehead atoms. The minimum atomic E-state index is -4.32. The monoisotopic (exact) mass is 304 g/mol. The number of nitrogens with zero attached hydrogens (tertiary/aromatic N) is 3. The number of alkyl halides is 3. The molecule has 0 aliphatic rings. The van der Waals surface area contributed by atoms with Crippen LogP contribution in [0.4, 0.5) is 24.9 Å². The molecule has 2 aromatic rings. The Kier molecular flexibility index (Phi) is 4.78. The molecule has 0 aliphatic carbocycles. The molecule has 2 rings (SSSR count). The van der Waals surface area contributed by atoms with Crippen LogP contribution in [0.15, 0.2) is 6.33 Å². The first-order chi connectivity index (χ1) is 9.99. The van der Waals surface area contributed by atoms with E-state index in [9.17, 15) is 13.2 Å². The smallest absolute Gasteiger partial charge is 0.370 e. The lowest BCUT2D eigenvalue weighted by Crippen LogP contribution is -2.20. The molecule has 0 spiro atoms. The van der Waals surface area contributed by atoms with Gasteiger partial charge in [0.05, 0.1) is 12.9 Å². The summed E-state index contributed by atoms with van der Waals surface area (Å²) >= 11 is 0. The van der Waals surface area contributed by atoms with Crippen molar-refractivity contribution in [2.75, 3.05) is 36.9 Å². The van der Waals surface area contributed by atoms with Crippen molar-refractivity contribution >= 4 is 22.9 Å². The van der Waals surface area contributed by atoms with Crippen LogP contribution in [0, 0.1) is 0 Å². The van der Waals surface area contributed by atoms with Crippen LogP contribution in [0.1, 0.15) is 6.92 Å². The maximum absolute atomic E-state index is 11.9. The van der Waals surface area contributed by atoms with Gasteiger partial charge in [0.2, 0.25) is 5.95 Å². The number of ether oxygens (including phenoxy) is 1. The molecule has 0 saturated heterocycles. The number of hydrogen-bond acceptors (Lipinski definition) is 6. The number of nitrogens with one attached hydrogen (secondary N) is 3. The predicted octanol–water partition coefficient (Wildman–Crippen LogP) is 1.78. The number of aromatic amines is 1. The minimum absolute atomic E-state index is 0.0876. The van der Waals surface area contributed by atoms with Crippen LogP contribution in [-0.4, -0.2) is 52.4 Å². The third kappa shape index (κ3) is 4.45. The van der Waals surface area contributed by atoms with Gasteiger partial charge in [0, 0.05) is 13.1 Å². The summed E-state index contributed by atoms with van der Waals surface area (Å²) in [4.78, 5) is 15.3. The van der Waals surface area contributed by atoms with Crippen LogP contribution >= 0.6 is 0 Å². The Morgan fingerprint density at radius 2 is 2.10 bits per heavy atom. The van der Waals surface area contributed by atoms with E-state index in [1.807, 2.05) is 6.92 Å². The van der Waals surface area contributed by atoms with Crippen molar-refractivity contribution in [2.24, 2.45) is 0 Å². The van der Waals surface area contributed by atoms with Crippen LogP contribution in [-0.2, 0) is 4.74 Å². The molecule has 0 amide bonds. The normalized spacial score (nSPS) is 11.8. The fourth-order valence-corrected chi connectivity index (χ4v) is 1.63. The molecule has 0 radical (unpaired) electrons. The number of halogens is 3. The fraction of sp³-hybridized carbons (Fsp3) is 0.545. The fourth-order valence-electron chi connectivity index (χ4n) is 1.63. The van der Waals surface area contributed by atoms with Gasteiger partial charge in [-0.2, -0.15) is 23.1 Å². The van der Waals surface area contributed by atoms with Gasteiger partial charge >= 0.3 is 6.18 Å². The molecule has 21 heavy (non-hydrogen) atoms. The lowest BCUT2D eigenvalue weighted by Gasteiger charge is -2.10. The van der Waals surface area contributed by atoms with Crippen LogP contribution in [0.25, 0.3) is 11.2 Å². The van der Waals surface area contributed by atoms with Crippen molar-refractivity contribution < 1.29 is 17.9 Å². The highest BCUT2D eigenvalue weighted by Gasteiger charge is 2.27. The van der Waals surface area contributed by atoms with Crippen LogP contribution in [0.2, 0.25) is 0 Å². The summed E-state index contributed by atoms with van der Waals surface area (Å²) in [6.07, 6.45) is -2.84. The Morgan fingerprint density at radius 1 is 1.29 bits per heavy atom. The topological polar surface area (TPSA) is 87.8 Å². The van der Waals surface area contributed by atoms with Gasteiger partial charge in [-0.3, -0.25) is 0 Å². The molecule has 0 atom stereocenters. The van der Waals surface area contributed by atoms with Gasteiger partial charge in [-0.15, -0.1) is 0 Å². The lowest BCUT2D eigenvalue weighted by atomic mass is 10.4. The zero-order valence-corrected chi connectivity index (χ0v) is 11.3. The van der Waals surface area contributed by atoms with Crippen LogP contribution < -0.4 is 10.6 Å². The standard InChI is InChI=1S/C11H15F3N6O/c1-2-15-10-19-8(7-9(20-10)18-6-17-7)16-3-4-21-5-11(12,13)14/h6H,2-5H2,1H3,(H3,15,16,17,18,19,20). The first-order valence-corrected chi connectivity index (χ1v) is 6.33. The zero-order chi connectivity index (χ0) is 15.3. The molecule has 10 heteroatoms. The third-order valence-corrected chi connectivity index (χ3v) is 2.43. The summed E-state index contributed by atoms with van der Waals surface area (Å²) in [5, 5.41) is 5.86. The van der Waals surface area contributed by atoms with Gasteiger partial charge in [0.15, 0.2) is 11.5 Å². The molecule has 3 N–H and O–H groups in total. The van der Waals surface area contributed by atoms with E-state index in [2.05, 4.69) is 35.3 Å². The number of rotatable bonds is 7. The molecule has 0 aromatic carbocycles. The second kappa shape index (κ2) is 6.57. The van der Waals surface area contributed by atoms with Crippen molar-refractivity contribution in [1.29, 1.82) is 0 Å². The number of hydrogen-bond donors (Lipinski definition) is 3. The molecule has 116 valence electrons. The molecule has 2 heterocycles. The maximum atomic E-state index is 11.9. The van der Waals surface area contributed by atoms with E-state index < -0.39 is 12.8 Å². The zero-order valence-electron chi connectivity index (χ0n) is 11.3. The SMILES string of the molecule is CCNc1nc(NCCOCC(F)(F)F)c2[nH]cnc2n1. The van der Waals surface area contributed by atoms with Crippen LogP contribution in [0.5, 0.6) is 0 Å². The highest BCUT2D eigenvalue weighted by Crippen LogP contribution is 2.18. The lowest BCUT2D eigenvalue weighted by molar-refractivity contribution is -0.172. The average Bonchev–Trinajstić information content (AvgIpc) is 2.85. The predicted molar refractivity (Wildman–Crippen MR) is 71.2 cm³/mol. The van der Waals surface area contributed by atoms with E-state index >= 15 is 0 Å². The molecule has 7 nitrogen and oxygen atoms in total. The van der Waals surface area contributed by atoms with Crippen molar-refractivity contribution in [3.05, 3.63) is 6.33 Å². The van der Waals surface area contributed by atoms with Crippen molar-refractivity contribution in [1.82, 2.24) is 19.9 Å². The summed E-state index contributed by atoms with van der Waals surface area (Å²) in [5.74, 6) is 0.861. The summed E-state index contributed by atoms with van der Waals surface area (Å²) in [5.41, 5.74) is 1.06. The van der Waals surface area contributed by atoms with E-state index in [-0.39, 0.29) is 13.2 Å². The highest BCUT2D eigenvalue weighted by molar-refractivity contribution is 5.83. The number of imidazole rings is 1. The van der Waals surface area contributed by atoms with Crippen molar-refractivity contribution in [3.63, 3.8) is 0 Å². The molecule has 0 aliphatic heterocycles. The largest absolute Gasteiger partial charge is 0.411 e. The number of fused-ring (bicyclic) bond motifs is 1. The van der Waals surface area contributed by atoms with E-state index in [1.165, 1.54) is 6.33 Å². The number of H-pyrrole nitrogens is 1. The minimum Gasteiger partial charge on any atom is -0.370 e. The molecule has 0 fully saturated rings. The summed E-state index contributed by atoms with van der Waals surface area (Å²) < 4.78 is 40.3. The Morgan fingerprint density at radius 3 is 2.81 bits per heavy atom. The Bertz CT molecular complexity index is 585. The quantitative estimate of drug-likeness (QED) is 0.676. The van der Waals surface area contributed by atoms with Gasteiger partial charge in [0.25, 0.3) is 0 Å². The van der Waals surface area contributed by atoms with Gasteiger partial charge in [-0.1, -0.05) is 0 Å². The molecular formula is C11H15F3N6O. The van der Waals surface area contributed by atoms with E-state index in [1.54, 1.807) is 0 Å². The molecule has 0 unspecified atom stereocenters. The Labute approximate surface area is 118 Å². The first-order valence-electron chi connectivity index (χ1n) is 6.33. The second-order valence-electron chi connectivity index (χ2n) is 4.12. The molecule has 2 aromatic heterocycles. The Hall–Kier alpha value is -2.10. The Balaban J connectivity index is 1.95. The molecule has 0 saturated carbocycles. The van der Waals surface area contributed by atoms with Crippen molar-refractivity contribution in [3.8, 4) is 0 Å². The van der Waals surface area contributed by atoms with Gasteiger partial charge in [0.1, 0.15) is 12.1 Å². The molecular weight excluding hydrogens is 289 g/mol. The second-order valence-corrected chi connectivity index (χ2v) is 4.12.